The Kier molecular flexibility index (Phi) is 5.07. The van der Waals surface area contributed by atoms with Crippen molar-refractivity contribution in [2.75, 3.05) is 32.7 Å². The van der Waals surface area contributed by atoms with E-state index in [-0.39, 0.29) is 11.8 Å². The Morgan fingerprint density at radius 2 is 2.20 bits per heavy atom. The number of fused-ring (bicyclic) bond motifs is 1. The van der Waals surface area contributed by atoms with Gasteiger partial charge in [-0.25, -0.2) is 4.98 Å². The van der Waals surface area contributed by atoms with Crippen LogP contribution in [-0.2, 0) is 17.8 Å². The Bertz CT molecular complexity index is 761. The molecule has 0 unspecified atom stereocenters. The van der Waals surface area contributed by atoms with Gasteiger partial charge >= 0.3 is 0 Å². The maximum Gasteiger partial charge on any atom is 0.227 e. The van der Waals surface area contributed by atoms with Crippen molar-refractivity contribution < 1.29 is 14.3 Å². The van der Waals surface area contributed by atoms with E-state index in [0.29, 0.717) is 19.6 Å². The van der Waals surface area contributed by atoms with Crippen LogP contribution in [0.3, 0.4) is 0 Å². The first-order chi connectivity index (χ1) is 12.1. The van der Waals surface area contributed by atoms with Gasteiger partial charge < -0.3 is 19.7 Å². The molecule has 132 valence electrons. The van der Waals surface area contributed by atoms with Crippen molar-refractivity contribution >= 4 is 11.7 Å². The van der Waals surface area contributed by atoms with Gasteiger partial charge in [-0.15, -0.1) is 0 Å². The highest BCUT2D eigenvalue weighted by atomic mass is 16.5. The van der Waals surface area contributed by atoms with Crippen LogP contribution in [0.25, 0.3) is 0 Å². The zero-order valence-corrected chi connectivity index (χ0v) is 14.8. The van der Waals surface area contributed by atoms with E-state index >= 15 is 0 Å². The second-order valence-corrected chi connectivity index (χ2v) is 6.29. The van der Waals surface area contributed by atoms with Gasteiger partial charge in [-0.3, -0.25) is 4.79 Å². The topological polar surface area (TPSA) is 63.7 Å². The number of carbonyl (C=O) groups is 1. The van der Waals surface area contributed by atoms with Gasteiger partial charge in [-0.05, 0) is 30.2 Å². The summed E-state index contributed by atoms with van der Waals surface area (Å²) in [5.74, 6) is 2.21. The van der Waals surface area contributed by atoms with Gasteiger partial charge in [0.15, 0.2) is 0 Å². The summed E-state index contributed by atoms with van der Waals surface area (Å²) in [6.07, 6.45) is 0.663. The van der Waals surface area contributed by atoms with Crippen molar-refractivity contribution in [1.82, 2.24) is 10.3 Å². The summed E-state index contributed by atoms with van der Waals surface area (Å²) in [4.78, 5) is 18.9. The van der Waals surface area contributed by atoms with E-state index in [1.807, 2.05) is 55.4 Å². The van der Waals surface area contributed by atoms with Crippen LogP contribution in [0.2, 0.25) is 0 Å². The van der Waals surface area contributed by atoms with E-state index in [9.17, 15) is 4.79 Å². The number of hydrogen-bond acceptors (Lipinski definition) is 5. The molecule has 25 heavy (non-hydrogen) atoms. The summed E-state index contributed by atoms with van der Waals surface area (Å²) < 4.78 is 10.9. The molecule has 0 saturated carbocycles. The number of carbonyl (C=O) groups excluding carboxylic acids is 1. The molecule has 3 rings (SSSR count). The Morgan fingerprint density at radius 1 is 1.36 bits per heavy atom. The number of nitrogens with one attached hydrogen (secondary N) is 1. The number of pyridine rings is 1. The average molecular weight is 341 g/mol. The summed E-state index contributed by atoms with van der Waals surface area (Å²) in [5.41, 5.74) is 1.86. The molecule has 0 saturated heterocycles. The summed E-state index contributed by atoms with van der Waals surface area (Å²) >= 11 is 0. The largest absolute Gasteiger partial charge is 0.497 e. The number of ether oxygens (including phenoxy) is 2. The van der Waals surface area contributed by atoms with Gasteiger partial charge in [-0.1, -0.05) is 12.1 Å². The smallest absolute Gasteiger partial charge is 0.227 e. The van der Waals surface area contributed by atoms with Crippen LogP contribution in [0.1, 0.15) is 11.3 Å². The average Bonchev–Trinajstić information content (AvgIpc) is 2.65. The molecule has 1 aliphatic heterocycles. The third-order valence-corrected chi connectivity index (χ3v) is 4.25. The number of hydrogen-bond donors (Lipinski definition) is 1. The standard InChI is InChI=1S/C19H23N3O3/c1-22(2)18-6-4-5-15(21-18)11-20-19(23)14-9-13-7-8-16(24-3)10-17(13)25-12-14/h4-8,10,14H,9,11-12H2,1-3H3,(H,20,23)/t14-/m1/s1. The Balaban J connectivity index is 1.60. The van der Waals surface area contributed by atoms with E-state index in [1.165, 1.54) is 0 Å². The molecule has 1 aliphatic rings. The molecule has 0 radical (unpaired) electrons. The Morgan fingerprint density at radius 3 is 2.96 bits per heavy atom. The van der Waals surface area contributed by atoms with E-state index in [2.05, 4.69) is 10.3 Å². The number of anilines is 1. The highest BCUT2D eigenvalue weighted by Crippen LogP contribution is 2.31. The van der Waals surface area contributed by atoms with Gasteiger partial charge in [-0.2, -0.15) is 0 Å². The molecule has 6 heteroatoms. The molecule has 1 aromatic carbocycles. The highest BCUT2D eigenvalue weighted by Gasteiger charge is 2.26. The maximum atomic E-state index is 12.5. The van der Waals surface area contributed by atoms with Crippen LogP contribution in [0.4, 0.5) is 5.82 Å². The van der Waals surface area contributed by atoms with Crippen LogP contribution in [-0.4, -0.2) is 38.7 Å². The Labute approximate surface area is 147 Å². The van der Waals surface area contributed by atoms with Crippen molar-refractivity contribution in [3.05, 3.63) is 47.7 Å². The maximum absolute atomic E-state index is 12.5. The fourth-order valence-electron chi connectivity index (χ4n) is 2.78. The summed E-state index contributed by atoms with van der Waals surface area (Å²) in [6, 6.07) is 11.5. The fourth-order valence-corrected chi connectivity index (χ4v) is 2.78. The molecule has 6 nitrogen and oxygen atoms in total. The highest BCUT2D eigenvalue weighted by molar-refractivity contribution is 5.79. The molecular formula is C19H23N3O3. The molecule has 0 spiro atoms. The SMILES string of the molecule is COc1ccc2c(c1)OC[C@H](C(=O)NCc1cccc(N(C)C)n1)C2. The van der Waals surface area contributed by atoms with Gasteiger partial charge in [0.25, 0.3) is 0 Å². The number of nitrogens with zero attached hydrogens (tertiary/aromatic N) is 2. The minimum absolute atomic E-state index is 0.0153. The van der Waals surface area contributed by atoms with Crippen LogP contribution < -0.4 is 19.7 Å². The molecule has 2 heterocycles. The summed E-state index contributed by atoms with van der Waals surface area (Å²) in [7, 11) is 5.51. The Hall–Kier alpha value is -2.76. The number of amides is 1. The van der Waals surface area contributed by atoms with Gasteiger partial charge in [0.1, 0.15) is 23.9 Å². The number of benzene rings is 1. The third-order valence-electron chi connectivity index (χ3n) is 4.25. The first kappa shape index (κ1) is 17.1. The number of rotatable bonds is 5. The number of methoxy groups -OCH3 is 1. The van der Waals surface area contributed by atoms with Crippen molar-refractivity contribution in [3.63, 3.8) is 0 Å². The molecule has 0 aliphatic carbocycles. The third kappa shape index (κ3) is 4.02. The molecule has 1 amide bonds. The predicted octanol–water partition coefficient (Wildman–Crippen LogP) is 2.02. The van der Waals surface area contributed by atoms with E-state index in [4.69, 9.17) is 9.47 Å². The first-order valence-electron chi connectivity index (χ1n) is 8.27. The molecule has 0 fully saturated rings. The second-order valence-electron chi connectivity index (χ2n) is 6.29. The zero-order chi connectivity index (χ0) is 17.8. The first-order valence-corrected chi connectivity index (χ1v) is 8.27. The van der Waals surface area contributed by atoms with Crippen molar-refractivity contribution in [2.45, 2.75) is 13.0 Å². The second kappa shape index (κ2) is 7.42. The fraction of sp³-hybridized carbons (Fsp3) is 0.368. The molecule has 0 bridgehead atoms. The molecule has 1 N–H and O–H groups in total. The van der Waals surface area contributed by atoms with Gasteiger partial charge in [0.2, 0.25) is 5.91 Å². The van der Waals surface area contributed by atoms with E-state index < -0.39 is 0 Å². The predicted molar refractivity (Wildman–Crippen MR) is 96.1 cm³/mol. The van der Waals surface area contributed by atoms with Gasteiger partial charge in [0.05, 0.1) is 25.3 Å². The van der Waals surface area contributed by atoms with Crippen molar-refractivity contribution in [3.8, 4) is 11.5 Å². The lowest BCUT2D eigenvalue weighted by Crippen LogP contribution is -2.37. The zero-order valence-electron chi connectivity index (χ0n) is 14.8. The minimum Gasteiger partial charge on any atom is -0.497 e. The lowest BCUT2D eigenvalue weighted by atomic mass is 9.96. The normalized spacial score (nSPS) is 15.7. The molecule has 1 atom stereocenters. The number of aromatic nitrogens is 1. The summed E-state index contributed by atoms with van der Waals surface area (Å²) in [6.45, 7) is 0.781. The van der Waals surface area contributed by atoms with E-state index in [1.54, 1.807) is 7.11 Å². The van der Waals surface area contributed by atoms with Crippen LogP contribution in [0.15, 0.2) is 36.4 Å². The van der Waals surface area contributed by atoms with Crippen molar-refractivity contribution in [2.24, 2.45) is 5.92 Å². The quantitative estimate of drug-likeness (QED) is 0.901. The lowest BCUT2D eigenvalue weighted by molar-refractivity contribution is -0.126. The lowest BCUT2D eigenvalue weighted by Gasteiger charge is -2.25. The van der Waals surface area contributed by atoms with Gasteiger partial charge in [0, 0.05) is 20.2 Å². The monoisotopic (exact) mass is 341 g/mol. The molecule has 2 aromatic rings. The van der Waals surface area contributed by atoms with Crippen LogP contribution in [0, 0.1) is 5.92 Å². The molecular weight excluding hydrogens is 318 g/mol. The molecule has 1 aromatic heterocycles. The minimum atomic E-state index is -0.196. The van der Waals surface area contributed by atoms with Crippen molar-refractivity contribution in [1.29, 1.82) is 0 Å². The van der Waals surface area contributed by atoms with Crippen LogP contribution >= 0.6 is 0 Å². The summed E-state index contributed by atoms with van der Waals surface area (Å²) in [5, 5.41) is 2.96. The van der Waals surface area contributed by atoms with E-state index in [0.717, 1.165) is 28.6 Å². The van der Waals surface area contributed by atoms with Crippen LogP contribution in [0.5, 0.6) is 11.5 Å².